The summed E-state index contributed by atoms with van der Waals surface area (Å²) in [7, 11) is 0. The zero-order valence-corrected chi connectivity index (χ0v) is 16.2. The molecular weight excluding hydrogens is 372 g/mol. The number of benzene rings is 2. The Morgan fingerprint density at radius 2 is 1.89 bits per heavy atom. The monoisotopic (exact) mass is 390 g/mol. The van der Waals surface area contributed by atoms with Gasteiger partial charge in [-0.3, -0.25) is 4.79 Å². The van der Waals surface area contributed by atoms with Crippen LogP contribution in [0, 0.1) is 6.92 Å². The molecule has 0 radical (unpaired) electrons. The molecule has 140 valence electrons. The highest BCUT2D eigenvalue weighted by Gasteiger charge is 2.15. The predicted octanol–water partition coefficient (Wildman–Crippen LogP) is 5.90. The summed E-state index contributed by atoms with van der Waals surface area (Å²) in [4.78, 5) is 18.2. The van der Waals surface area contributed by atoms with Crippen LogP contribution in [0.25, 0.3) is 11.0 Å². The van der Waals surface area contributed by atoms with Crippen LogP contribution < -0.4 is 10.1 Å². The van der Waals surface area contributed by atoms with E-state index in [9.17, 15) is 4.79 Å². The number of aromatic nitrogens is 1. The number of nitrogens with one attached hydrogen (secondary N) is 1. The van der Waals surface area contributed by atoms with E-state index in [0.29, 0.717) is 28.5 Å². The van der Waals surface area contributed by atoms with Crippen LogP contribution in [-0.2, 0) is 0 Å². The molecule has 0 atom stereocenters. The standard InChI is InChI=1S/C22H18N2O3S/c1-14-3-8-21(23-13-14)24-22(25)19-11-16(12-20-18(19)9-10-26-20)27-15-4-6-17(28-2)7-5-15/h3-13H,1-2H3,(H,23,24,25). The van der Waals surface area contributed by atoms with Gasteiger partial charge in [-0.1, -0.05) is 6.07 Å². The third-order valence-electron chi connectivity index (χ3n) is 4.24. The number of furan rings is 1. The van der Waals surface area contributed by atoms with Gasteiger partial charge in [0.2, 0.25) is 0 Å². The van der Waals surface area contributed by atoms with Gasteiger partial charge in [-0.2, -0.15) is 0 Å². The van der Waals surface area contributed by atoms with Crippen molar-refractivity contribution in [3.05, 3.63) is 78.2 Å². The van der Waals surface area contributed by atoms with Crippen LogP contribution in [0.5, 0.6) is 11.5 Å². The predicted molar refractivity (Wildman–Crippen MR) is 111 cm³/mol. The van der Waals surface area contributed by atoms with E-state index in [-0.39, 0.29) is 5.91 Å². The van der Waals surface area contributed by atoms with E-state index in [2.05, 4.69) is 10.3 Å². The molecule has 6 heteroatoms. The number of anilines is 1. The van der Waals surface area contributed by atoms with Crippen LogP contribution in [0.15, 0.2) is 76.4 Å². The number of fused-ring (bicyclic) bond motifs is 1. The van der Waals surface area contributed by atoms with Crippen molar-refractivity contribution in [2.75, 3.05) is 11.6 Å². The van der Waals surface area contributed by atoms with Crippen LogP contribution >= 0.6 is 11.8 Å². The topological polar surface area (TPSA) is 64.4 Å². The molecule has 4 aromatic rings. The molecule has 0 fully saturated rings. The maximum atomic E-state index is 12.8. The Labute approximate surface area is 166 Å². The molecule has 0 bridgehead atoms. The summed E-state index contributed by atoms with van der Waals surface area (Å²) in [6.07, 6.45) is 5.29. The average Bonchev–Trinajstić information content (AvgIpc) is 3.18. The van der Waals surface area contributed by atoms with Crippen molar-refractivity contribution in [1.29, 1.82) is 0 Å². The second kappa shape index (κ2) is 7.78. The highest BCUT2D eigenvalue weighted by Crippen LogP contribution is 2.31. The molecule has 0 unspecified atom stereocenters. The quantitative estimate of drug-likeness (QED) is 0.430. The van der Waals surface area contributed by atoms with Gasteiger partial charge in [0.05, 0.1) is 11.8 Å². The van der Waals surface area contributed by atoms with E-state index in [1.807, 2.05) is 43.5 Å². The van der Waals surface area contributed by atoms with Crippen molar-refractivity contribution in [3.8, 4) is 11.5 Å². The van der Waals surface area contributed by atoms with Crippen LogP contribution in [0.1, 0.15) is 15.9 Å². The number of carbonyl (C=O) groups excluding carboxylic acids is 1. The molecule has 28 heavy (non-hydrogen) atoms. The Hall–Kier alpha value is -3.25. The summed E-state index contributed by atoms with van der Waals surface area (Å²) < 4.78 is 11.5. The zero-order chi connectivity index (χ0) is 19.5. The number of thioether (sulfide) groups is 1. The van der Waals surface area contributed by atoms with Gasteiger partial charge < -0.3 is 14.5 Å². The van der Waals surface area contributed by atoms with Crippen molar-refractivity contribution in [2.45, 2.75) is 11.8 Å². The molecule has 4 rings (SSSR count). The van der Waals surface area contributed by atoms with E-state index in [1.54, 1.807) is 48.5 Å². The van der Waals surface area contributed by atoms with Gasteiger partial charge in [0.1, 0.15) is 22.9 Å². The molecule has 0 spiro atoms. The van der Waals surface area contributed by atoms with Gasteiger partial charge in [-0.15, -0.1) is 11.8 Å². The number of carbonyl (C=O) groups is 1. The molecule has 1 amide bonds. The van der Waals surface area contributed by atoms with Gasteiger partial charge >= 0.3 is 0 Å². The van der Waals surface area contributed by atoms with E-state index >= 15 is 0 Å². The second-order valence-corrected chi connectivity index (χ2v) is 7.14. The summed E-state index contributed by atoms with van der Waals surface area (Å²) >= 11 is 1.67. The average molecular weight is 390 g/mol. The molecule has 0 aliphatic rings. The summed E-state index contributed by atoms with van der Waals surface area (Å²) in [5.74, 6) is 1.44. The molecule has 2 aromatic heterocycles. The first-order chi connectivity index (χ1) is 13.6. The Morgan fingerprint density at radius 1 is 1.07 bits per heavy atom. The number of pyridine rings is 1. The number of amides is 1. The molecule has 2 heterocycles. The van der Waals surface area contributed by atoms with Crippen molar-refractivity contribution in [1.82, 2.24) is 4.98 Å². The fraction of sp³-hybridized carbons (Fsp3) is 0.0909. The minimum Gasteiger partial charge on any atom is -0.464 e. The first-order valence-electron chi connectivity index (χ1n) is 8.69. The highest BCUT2D eigenvalue weighted by molar-refractivity contribution is 7.98. The Balaban J connectivity index is 1.64. The van der Waals surface area contributed by atoms with Crippen LogP contribution in [0.4, 0.5) is 5.82 Å². The largest absolute Gasteiger partial charge is 0.464 e. The second-order valence-electron chi connectivity index (χ2n) is 6.26. The van der Waals surface area contributed by atoms with Crippen molar-refractivity contribution in [2.24, 2.45) is 0 Å². The molecule has 0 saturated heterocycles. The fourth-order valence-corrected chi connectivity index (χ4v) is 3.21. The maximum absolute atomic E-state index is 12.8. The number of hydrogen-bond acceptors (Lipinski definition) is 5. The van der Waals surface area contributed by atoms with E-state index in [0.717, 1.165) is 15.8 Å². The van der Waals surface area contributed by atoms with Crippen LogP contribution in [-0.4, -0.2) is 17.1 Å². The van der Waals surface area contributed by atoms with Gasteiger partial charge in [-0.05, 0) is 61.2 Å². The molecule has 5 nitrogen and oxygen atoms in total. The molecule has 0 aliphatic carbocycles. The highest BCUT2D eigenvalue weighted by atomic mass is 32.2. The van der Waals surface area contributed by atoms with Gasteiger partial charge in [-0.25, -0.2) is 4.98 Å². The summed E-state index contributed by atoms with van der Waals surface area (Å²) in [6.45, 7) is 1.94. The smallest absolute Gasteiger partial charge is 0.257 e. The minimum atomic E-state index is -0.272. The van der Waals surface area contributed by atoms with Crippen LogP contribution in [0.3, 0.4) is 0 Å². The Morgan fingerprint density at radius 3 is 2.61 bits per heavy atom. The lowest BCUT2D eigenvalue weighted by molar-refractivity contribution is 0.102. The number of aryl methyl sites for hydroxylation is 1. The zero-order valence-electron chi connectivity index (χ0n) is 15.4. The number of ether oxygens (including phenoxy) is 1. The van der Waals surface area contributed by atoms with Gasteiger partial charge in [0.15, 0.2) is 0 Å². The molecular formula is C22H18N2O3S. The number of nitrogens with zero attached hydrogens (tertiary/aromatic N) is 1. The normalized spacial score (nSPS) is 10.8. The number of rotatable bonds is 5. The van der Waals surface area contributed by atoms with Crippen molar-refractivity contribution < 1.29 is 13.9 Å². The summed E-state index contributed by atoms with van der Waals surface area (Å²) in [6, 6.07) is 16.7. The van der Waals surface area contributed by atoms with E-state index in [1.165, 1.54) is 0 Å². The Bertz CT molecular complexity index is 1120. The lowest BCUT2D eigenvalue weighted by Crippen LogP contribution is -2.13. The SMILES string of the molecule is CSc1ccc(Oc2cc(C(=O)Nc3ccc(C)cn3)c3ccoc3c2)cc1. The van der Waals surface area contributed by atoms with Gasteiger partial charge in [0.25, 0.3) is 5.91 Å². The maximum Gasteiger partial charge on any atom is 0.257 e. The first kappa shape index (κ1) is 18.1. The van der Waals surface area contributed by atoms with Crippen molar-refractivity contribution >= 4 is 34.5 Å². The third-order valence-corrected chi connectivity index (χ3v) is 4.98. The molecule has 2 aromatic carbocycles. The summed E-state index contributed by atoms with van der Waals surface area (Å²) in [5, 5.41) is 3.54. The molecule has 0 aliphatic heterocycles. The molecule has 0 saturated carbocycles. The van der Waals surface area contributed by atoms with E-state index in [4.69, 9.17) is 9.15 Å². The lowest BCUT2D eigenvalue weighted by atomic mass is 10.1. The summed E-state index contributed by atoms with van der Waals surface area (Å²) in [5.41, 5.74) is 2.07. The van der Waals surface area contributed by atoms with Gasteiger partial charge in [0, 0.05) is 22.5 Å². The lowest BCUT2D eigenvalue weighted by Gasteiger charge is -2.10. The first-order valence-corrected chi connectivity index (χ1v) is 9.92. The van der Waals surface area contributed by atoms with E-state index < -0.39 is 0 Å². The van der Waals surface area contributed by atoms with Crippen LogP contribution in [0.2, 0.25) is 0 Å². The fourth-order valence-electron chi connectivity index (χ4n) is 2.80. The minimum absolute atomic E-state index is 0.272. The Kier molecular flexibility index (Phi) is 5.04. The van der Waals surface area contributed by atoms with Crippen molar-refractivity contribution in [3.63, 3.8) is 0 Å². The third kappa shape index (κ3) is 3.87. The molecule has 1 N–H and O–H groups in total. The number of hydrogen-bond donors (Lipinski definition) is 1.